The molecule has 1 unspecified atom stereocenters. The summed E-state index contributed by atoms with van der Waals surface area (Å²) in [6.45, 7) is 1.65. The van der Waals surface area contributed by atoms with Crippen molar-refractivity contribution in [2.75, 3.05) is 11.9 Å². The fourth-order valence-electron chi connectivity index (χ4n) is 2.41. The molecule has 0 radical (unpaired) electrons. The lowest BCUT2D eigenvalue weighted by Gasteiger charge is -2.14. The molecule has 1 amide bonds. The molecule has 1 fully saturated rings. The van der Waals surface area contributed by atoms with Crippen LogP contribution in [0.2, 0.25) is 0 Å². The van der Waals surface area contributed by atoms with Gasteiger partial charge in [-0.05, 0) is 23.4 Å². The fraction of sp³-hybridized carbons (Fsp3) is 0.357. The van der Waals surface area contributed by atoms with E-state index in [1.54, 1.807) is 11.3 Å². The number of nitrogens with zero attached hydrogens (tertiary/aromatic N) is 1. The van der Waals surface area contributed by atoms with Crippen LogP contribution in [-0.2, 0) is 11.3 Å². The van der Waals surface area contributed by atoms with Crippen molar-refractivity contribution in [3.8, 4) is 0 Å². The van der Waals surface area contributed by atoms with Crippen LogP contribution in [0.5, 0.6) is 0 Å². The quantitative estimate of drug-likeness (QED) is 0.789. The maximum Gasteiger partial charge on any atom is 0.223 e. The van der Waals surface area contributed by atoms with E-state index < -0.39 is 0 Å². The number of carbonyl (C=O) groups excluding carboxylic acids is 1. The van der Waals surface area contributed by atoms with Crippen LogP contribution in [0.15, 0.2) is 30.3 Å². The van der Waals surface area contributed by atoms with Gasteiger partial charge in [-0.3, -0.25) is 4.79 Å². The molecule has 2 heterocycles. The SMILES string of the molecule is O=C1CC(CBr)CN1Cc1cc2ccccc2s1. The lowest BCUT2D eigenvalue weighted by Crippen LogP contribution is -2.24. The van der Waals surface area contributed by atoms with Gasteiger partial charge in [0.25, 0.3) is 0 Å². The molecule has 1 saturated heterocycles. The normalized spacial score (nSPS) is 19.9. The third kappa shape index (κ3) is 2.31. The first-order chi connectivity index (χ1) is 8.76. The van der Waals surface area contributed by atoms with Crippen LogP contribution in [0.1, 0.15) is 11.3 Å². The Morgan fingerprint density at radius 1 is 1.39 bits per heavy atom. The van der Waals surface area contributed by atoms with Gasteiger partial charge in [-0.2, -0.15) is 0 Å². The topological polar surface area (TPSA) is 20.3 Å². The van der Waals surface area contributed by atoms with E-state index >= 15 is 0 Å². The molecule has 1 atom stereocenters. The monoisotopic (exact) mass is 323 g/mol. The van der Waals surface area contributed by atoms with E-state index in [-0.39, 0.29) is 5.91 Å². The first kappa shape index (κ1) is 12.2. The Morgan fingerprint density at radius 2 is 2.22 bits per heavy atom. The van der Waals surface area contributed by atoms with E-state index in [1.165, 1.54) is 15.0 Å². The molecule has 0 N–H and O–H groups in total. The number of benzene rings is 1. The molecule has 1 aliphatic rings. The van der Waals surface area contributed by atoms with Crippen LogP contribution in [0.25, 0.3) is 10.1 Å². The highest BCUT2D eigenvalue weighted by Crippen LogP contribution is 2.28. The van der Waals surface area contributed by atoms with Crippen LogP contribution in [0.4, 0.5) is 0 Å². The highest BCUT2D eigenvalue weighted by molar-refractivity contribution is 9.09. The van der Waals surface area contributed by atoms with Crippen LogP contribution in [0, 0.1) is 5.92 Å². The van der Waals surface area contributed by atoms with Crippen LogP contribution in [-0.4, -0.2) is 22.7 Å². The number of alkyl halides is 1. The zero-order valence-electron chi connectivity index (χ0n) is 9.93. The summed E-state index contributed by atoms with van der Waals surface area (Å²) in [6.07, 6.45) is 0.691. The van der Waals surface area contributed by atoms with Gasteiger partial charge in [0.1, 0.15) is 0 Å². The molecule has 0 bridgehead atoms. The zero-order chi connectivity index (χ0) is 12.5. The standard InChI is InChI=1S/C14H14BrNOS/c15-7-10-5-14(17)16(8-10)9-12-6-11-3-1-2-4-13(11)18-12/h1-4,6,10H,5,7-9H2. The third-order valence-electron chi connectivity index (χ3n) is 3.34. The van der Waals surface area contributed by atoms with Gasteiger partial charge in [0.05, 0.1) is 6.54 Å². The number of hydrogen-bond donors (Lipinski definition) is 0. The summed E-state index contributed by atoms with van der Waals surface area (Å²) in [4.78, 5) is 15.1. The maximum absolute atomic E-state index is 11.9. The highest BCUT2D eigenvalue weighted by atomic mass is 79.9. The van der Waals surface area contributed by atoms with Gasteiger partial charge in [-0.15, -0.1) is 11.3 Å². The number of hydrogen-bond acceptors (Lipinski definition) is 2. The summed E-state index contributed by atoms with van der Waals surface area (Å²) >= 11 is 5.26. The second-order valence-electron chi connectivity index (χ2n) is 4.75. The van der Waals surface area contributed by atoms with Crippen molar-refractivity contribution in [1.82, 2.24) is 4.90 Å². The minimum absolute atomic E-state index is 0.289. The van der Waals surface area contributed by atoms with Crippen molar-refractivity contribution in [3.05, 3.63) is 35.2 Å². The molecule has 3 rings (SSSR count). The zero-order valence-corrected chi connectivity index (χ0v) is 12.3. The molecule has 0 aliphatic carbocycles. The number of thiophene rings is 1. The Hall–Kier alpha value is -0.870. The second-order valence-corrected chi connectivity index (χ2v) is 6.57. The van der Waals surface area contributed by atoms with Gasteiger partial charge >= 0.3 is 0 Å². The van der Waals surface area contributed by atoms with Crippen LogP contribution in [0.3, 0.4) is 0 Å². The number of rotatable bonds is 3. The summed E-state index contributed by atoms with van der Waals surface area (Å²) < 4.78 is 1.30. The molecule has 4 heteroatoms. The van der Waals surface area contributed by atoms with E-state index in [0.717, 1.165) is 18.4 Å². The Bertz CT molecular complexity index is 547. The molecule has 1 aromatic carbocycles. The highest BCUT2D eigenvalue weighted by Gasteiger charge is 2.28. The molecule has 0 saturated carbocycles. The molecular formula is C14H14BrNOS. The van der Waals surface area contributed by atoms with Crippen molar-refractivity contribution in [3.63, 3.8) is 0 Å². The largest absolute Gasteiger partial charge is 0.337 e. The number of likely N-dealkylation sites (tertiary alicyclic amines) is 1. The predicted octanol–water partition coefficient (Wildman–Crippen LogP) is 3.64. The van der Waals surface area contributed by atoms with E-state index in [2.05, 4.69) is 46.3 Å². The average Bonchev–Trinajstić information content (AvgIpc) is 2.93. The van der Waals surface area contributed by atoms with Crippen LogP contribution < -0.4 is 0 Å². The molecule has 18 heavy (non-hydrogen) atoms. The number of carbonyl (C=O) groups is 1. The van der Waals surface area contributed by atoms with Gasteiger partial charge < -0.3 is 4.90 Å². The lowest BCUT2D eigenvalue weighted by atomic mass is 10.2. The molecule has 1 aromatic heterocycles. The van der Waals surface area contributed by atoms with Gasteiger partial charge in [0, 0.05) is 27.9 Å². The molecule has 2 nitrogen and oxygen atoms in total. The maximum atomic E-state index is 11.9. The fourth-order valence-corrected chi connectivity index (χ4v) is 3.93. The Balaban J connectivity index is 1.78. The van der Waals surface area contributed by atoms with Crippen molar-refractivity contribution in [2.24, 2.45) is 5.92 Å². The number of amides is 1. The van der Waals surface area contributed by atoms with Crippen molar-refractivity contribution in [1.29, 1.82) is 0 Å². The summed E-state index contributed by atoms with van der Waals surface area (Å²) in [5.41, 5.74) is 0. The first-order valence-electron chi connectivity index (χ1n) is 6.07. The minimum atomic E-state index is 0.289. The molecule has 2 aromatic rings. The molecule has 1 aliphatic heterocycles. The predicted molar refractivity (Wildman–Crippen MR) is 79.1 cm³/mol. The van der Waals surface area contributed by atoms with E-state index in [9.17, 15) is 4.79 Å². The number of fused-ring (bicyclic) bond motifs is 1. The smallest absolute Gasteiger partial charge is 0.223 e. The Kier molecular flexibility index (Phi) is 3.39. The number of halogens is 1. The molecule has 94 valence electrons. The Labute approximate surface area is 119 Å². The van der Waals surface area contributed by atoms with E-state index in [0.29, 0.717) is 12.3 Å². The summed E-state index contributed by atoms with van der Waals surface area (Å²) in [7, 11) is 0. The van der Waals surface area contributed by atoms with Gasteiger partial charge in [-0.1, -0.05) is 34.1 Å². The Morgan fingerprint density at radius 3 is 2.94 bits per heavy atom. The van der Waals surface area contributed by atoms with Crippen molar-refractivity contribution >= 4 is 43.3 Å². The average molecular weight is 324 g/mol. The van der Waals surface area contributed by atoms with Gasteiger partial charge in [-0.25, -0.2) is 0 Å². The molecular weight excluding hydrogens is 310 g/mol. The summed E-state index contributed by atoms with van der Waals surface area (Å²) in [6, 6.07) is 10.6. The second kappa shape index (κ2) is 5.02. The minimum Gasteiger partial charge on any atom is -0.337 e. The lowest BCUT2D eigenvalue weighted by molar-refractivity contribution is -0.128. The van der Waals surface area contributed by atoms with E-state index in [4.69, 9.17) is 0 Å². The summed E-state index contributed by atoms with van der Waals surface area (Å²) in [5, 5.41) is 2.20. The molecule has 0 spiro atoms. The van der Waals surface area contributed by atoms with Crippen molar-refractivity contribution < 1.29 is 4.79 Å². The summed E-state index contributed by atoms with van der Waals surface area (Å²) in [5.74, 6) is 0.767. The first-order valence-corrected chi connectivity index (χ1v) is 8.01. The van der Waals surface area contributed by atoms with Crippen LogP contribution >= 0.6 is 27.3 Å². The third-order valence-corrected chi connectivity index (χ3v) is 5.35. The van der Waals surface area contributed by atoms with Gasteiger partial charge in [0.2, 0.25) is 5.91 Å². The van der Waals surface area contributed by atoms with Gasteiger partial charge in [0.15, 0.2) is 0 Å². The van der Waals surface area contributed by atoms with Crippen molar-refractivity contribution in [2.45, 2.75) is 13.0 Å². The van der Waals surface area contributed by atoms with E-state index in [1.807, 2.05) is 4.90 Å².